The predicted molar refractivity (Wildman–Crippen MR) is 103 cm³/mol. The van der Waals surface area contributed by atoms with Crippen molar-refractivity contribution in [3.8, 4) is 0 Å². The molecule has 0 aliphatic carbocycles. The minimum absolute atomic E-state index is 0.0329. The molecule has 0 saturated carbocycles. The summed E-state index contributed by atoms with van der Waals surface area (Å²) in [6.07, 6.45) is -0.0697. The topological polar surface area (TPSA) is 91.7 Å². The van der Waals surface area contributed by atoms with Gasteiger partial charge in [0.15, 0.2) is 5.76 Å². The zero-order valence-corrected chi connectivity index (χ0v) is 15.6. The van der Waals surface area contributed by atoms with Gasteiger partial charge in [0.2, 0.25) is 11.8 Å². The number of amides is 3. The second-order valence-electron chi connectivity index (χ2n) is 6.85. The minimum atomic E-state index is -0.709. The fourth-order valence-corrected chi connectivity index (χ4v) is 3.45. The number of fused-ring (bicyclic) bond motifs is 1. The van der Waals surface area contributed by atoms with Crippen molar-refractivity contribution < 1.29 is 23.2 Å². The average Bonchev–Trinajstić information content (AvgIpc) is 3.27. The number of nitrogens with one attached hydrogen (secondary N) is 2. The first-order valence-electron chi connectivity index (χ1n) is 9.09. The quantitative estimate of drug-likeness (QED) is 0.667. The highest BCUT2D eigenvalue weighted by atomic mass is 19.1. The van der Waals surface area contributed by atoms with Gasteiger partial charge in [0, 0.05) is 23.9 Å². The molecular formula is C21H18FN3O4. The molecule has 4 rings (SSSR count). The number of anilines is 1. The Labute approximate surface area is 165 Å². The molecule has 2 N–H and O–H groups in total. The van der Waals surface area contributed by atoms with Crippen LogP contribution in [0.2, 0.25) is 0 Å². The Bertz CT molecular complexity index is 1120. The van der Waals surface area contributed by atoms with Crippen molar-refractivity contribution in [2.24, 2.45) is 5.92 Å². The number of furan rings is 1. The number of benzene rings is 2. The molecule has 1 atom stereocenters. The molecule has 29 heavy (non-hydrogen) atoms. The molecule has 1 aliphatic heterocycles. The van der Waals surface area contributed by atoms with Crippen LogP contribution in [-0.2, 0) is 9.59 Å². The average molecular weight is 395 g/mol. The fraction of sp³-hybridized carbons (Fsp3) is 0.190. The zero-order chi connectivity index (χ0) is 20.5. The summed E-state index contributed by atoms with van der Waals surface area (Å²) in [6, 6.07) is 13.1. The van der Waals surface area contributed by atoms with Gasteiger partial charge in [0.25, 0.3) is 0 Å². The van der Waals surface area contributed by atoms with Gasteiger partial charge in [0.05, 0.1) is 11.6 Å². The van der Waals surface area contributed by atoms with Gasteiger partial charge < -0.3 is 9.32 Å². The highest BCUT2D eigenvalue weighted by Gasteiger charge is 2.36. The Kier molecular flexibility index (Phi) is 4.75. The molecular weight excluding hydrogens is 377 g/mol. The lowest BCUT2D eigenvalue weighted by Crippen LogP contribution is -2.45. The summed E-state index contributed by atoms with van der Waals surface area (Å²) in [5.74, 6) is -2.62. The van der Waals surface area contributed by atoms with Crippen LogP contribution >= 0.6 is 0 Å². The SMILES string of the molecule is Cc1c(C(=O)NNC(=O)C2CC(=O)N(c3ccccc3F)C2)oc2ccccc12. The maximum Gasteiger partial charge on any atom is 0.305 e. The maximum atomic E-state index is 13.9. The normalized spacial score (nSPS) is 16.3. The van der Waals surface area contributed by atoms with Crippen molar-refractivity contribution in [1.82, 2.24) is 10.9 Å². The lowest BCUT2D eigenvalue weighted by Gasteiger charge is -2.17. The van der Waals surface area contributed by atoms with Crippen molar-refractivity contribution in [2.45, 2.75) is 13.3 Å². The van der Waals surface area contributed by atoms with Crippen LogP contribution in [0.1, 0.15) is 22.5 Å². The molecule has 2 heterocycles. The van der Waals surface area contributed by atoms with E-state index in [1.165, 1.54) is 23.1 Å². The molecule has 1 aliphatic rings. The minimum Gasteiger partial charge on any atom is -0.451 e. The van der Waals surface area contributed by atoms with Gasteiger partial charge in [-0.3, -0.25) is 25.2 Å². The molecule has 1 saturated heterocycles. The summed E-state index contributed by atoms with van der Waals surface area (Å²) < 4.78 is 19.5. The highest BCUT2D eigenvalue weighted by Crippen LogP contribution is 2.27. The number of nitrogens with zero attached hydrogens (tertiary/aromatic N) is 1. The Hall–Kier alpha value is -3.68. The van der Waals surface area contributed by atoms with Gasteiger partial charge in [-0.25, -0.2) is 4.39 Å². The molecule has 0 spiro atoms. The van der Waals surface area contributed by atoms with E-state index in [0.29, 0.717) is 11.1 Å². The monoisotopic (exact) mass is 395 g/mol. The van der Waals surface area contributed by atoms with Crippen LogP contribution in [0, 0.1) is 18.7 Å². The number of hydrogen-bond acceptors (Lipinski definition) is 4. The third-order valence-corrected chi connectivity index (χ3v) is 4.99. The molecule has 3 amide bonds. The van der Waals surface area contributed by atoms with Crippen LogP contribution in [-0.4, -0.2) is 24.3 Å². The Morgan fingerprint density at radius 3 is 2.59 bits per heavy atom. The van der Waals surface area contributed by atoms with Crippen molar-refractivity contribution >= 4 is 34.4 Å². The van der Waals surface area contributed by atoms with Crippen LogP contribution in [0.5, 0.6) is 0 Å². The standard InChI is InChI=1S/C21H18FN3O4/c1-12-14-6-2-5-9-17(14)29-19(12)21(28)24-23-20(27)13-10-18(26)25(11-13)16-8-4-3-7-15(16)22/h2-9,13H,10-11H2,1H3,(H,23,27)(H,24,28). The third-order valence-electron chi connectivity index (χ3n) is 4.99. The van der Waals surface area contributed by atoms with Gasteiger partial charge in [-0.1, -0.05) is 30.3 Å². The smallest absolute Gasteiger partial charge is 0.305 e. The van der Waals surface area contributed by atoms with Gasteiger partial charge in [-0.2, -0.15) is 0 Å². The van der Waals surface area contributed by atoms with Crippen molar-refractivity contribution in [1.29, 1.82) is 0 Å². The first kappa shape index (κ1) is 18.7. The summed E-state index contributed by atoms with van der Waals surface area (Å²) in [4.78, 5) is 38.3. The Morgan fingerprint density at radius 2 is 1.83 bits per heavy atom. The molecule has 8 heteroatoms. The zero-order valence-electron chi connectivity index (χ0n) is 15.6. The van der Waals surface area contributed by atoms with Crippen LogP contribution in [0.25, 0.3) is 11.0 Å². The van der Waals surface area contributed by atoms with Crippen LogP contribution in [0.3, 0.4) is 0 Å². The van der Waals surface area contributed by atoms with E-state index in [9.17, 15) is 18.8 Å². The van der Waals surface area contributed by atoms with E-state index >= 15 is 0 Å². The number of hydrazine groups is 1. The van der Waals surface area contributed by atoms with Crippen molar-refractivity contribution in [2.75, 3.05) is 11.4 Å². The summed E-state index contributed by atoms with van der Waals surface area (Å²) in [6.45, 7) is 1.79. The number of halogens is 1. The summed E-state index contributed by atoms with van der Waals surface area (Å²) in [7, 11) is 0. The number of rotatable bonds is 3. The lowest BCUT2D eigenvalue weighted by atomic mass is 10.1. The highest BCUT2D eigenvalue weighted by molar-refractivity contribution is 6.02. The number of carbonyl (C=O) groups excluding carboxylic acids is 3. The predicted octanol–water partition coefficient (Wildman–Crippen LogP) is 2.69. The molecule has 148 valence electrons. The third kappa shape index (κ3) is 3.44. The van der Waals surface area contributed by atoms with E-state index in [-0.39, 0.29) is 30.3 Å². The van der Waals surface area contributed by atoms with E-state index in [1.807, 2.05) is 12.1 Å². The second kappa shape index (κ2) is 7.38. The van der Waals surface area contributed by atoms with Crippen molar-refractivity contribution in [3.63, 3.8) is 0 Å². The Morgan fingerprint density at radius 1 is 1.10 bits per heavy atom. The first-order chi connectivity index (χ1) is 14.0. The van der Waals surface area contributed by atoms with Gasteiger partial charge >= 0.3 is 5.91 Å². The molecule has 1 unspecified atom stereocenters. The van der Waals surface area contributed by atoms with Crippen molar-refractivity contribution in [3.05, 3.63) is 65.7 Å². The number of carbonyl (C=O) groups is 3. The van der Waals surface area contributed by atoms with E-state index in [4.69, 9.17) is 4.42 Å². The Balaban J connectivity index is 1.41. The van der Waals surface area contributed by atoms with Gasteiger partial charge in [-0.05, 0) is 25.1 Å². The molecule has 3 aromatic rings. The summed E-state index contributed by atoms with van der Waals surface area (Å²) in [5.41, 5.74) is 6.02. The summed E-state index contributed by atoms with van der Waals surface area (Å²) >= 11 is 0. The number of para-hydroxylation sites is 2. The first-order valence-corrected chi connectivity index (χ1v) is 9.09. The molecule has 0 bridgehead atoms. The van der Waals surface area contributed by atoms with E-state index in [1.54, 1.807) is 25.1 Å². The molecule has 1 fully saturated rings. The van der Waals surface area contributed by atoms with Crippen LogP contribution < -0.4 is 15.8 Å². The van der Waals surface area contributed by atoms with Gasteiger partial charge in [-0.15, -0.1) is 0 Å². The van der Waals surface area contributed by atoms with E-state index in [0.717, 1.165) is 5.39 Å². The summed E-state index contributed by atoms with van der Waals surface area (Å²) in [5, 5.41) is 0.811. The van der Waals surface area contributed by atoms with E-state index < -0.39 is 23.5 Å². The maximum absolute atomic E-state index is 13.9. The molecule has 2 aromatic carbocycles. The largest absolute Gasteiger partial charge is 0.451 e. The van der Waals surface area contributed by atoms with Crippen LogP contribution in [0.15, 0.2) is 52.9 Å². The lowest BCUT2D eigenvalue weighted by molar-refractivity contribution is -0.126. The molecule has 1 aromatic heterocycles. The second-order valence-corrected chi connectivity index (χ2v) is 6.85. The number of aryl methyl sites for hydroxylation is 1. The molecule has 0 radical (unpaired) electrons. The number of hydrogen-bond donors (Lipinski definition) is 2. The van der Waals surface area contributed by atoms with Gasteiger partial charge in [0.1, 0.15) is 11.4 Å². The fourth-order valence-electron chi connectivity index (χ4n) is 3.45. The van der Waals surface area contributed by atoms with E-state index in [2.05, 4.69) is 10.9 Å². The van der Waals surface area contributed by atoms with Crippen LogP contribution in [0.4, 0.5) is 10.1 Å². The molecule has 7 nitrogen and oxygen atoms in total.